The molecule has 192 valence electrons. The number of para-hydroxylation sites is 1. The maximum Gasteiger partial charge on any atom is 0.425 e. The molecule has 7 nitrogen and oxygen atoms in total. The Hall–Kier alpha value is -2.78. The van der Waals surface area contributed by atoms with E-state index in [9.17, 15) is 22.8 Å². The molecular weight excluding hydrogens is 461 g/mol. The lowest BCUT2D eigenvalue weighted by Crippen LogP contribution is -2.52. The second kappa shape index (κ2) is 8.71. The third-order valence-electron chi connectivity index (χ3n) is 8.13. The van der Waals surface area contributed by atoms with E-state index in [1.807, 2.05) is 27.7 Å². The van der Waals surface area contributed by atoms with Gasteiger partial charge in [0.2, 0.25) is 11.8 Å². The molecule has 2 aliphatic heterocycles. The minimum Gasteiger partial charge on any atom is -0.480 e. The summed E-state index contributed by atoms with van der Waals surface area (Å²) in [5.41, 5.74) is 5.77. The Kier molecular flexibility index (Phi) is 6.30. The first-order valence-corrected chi connectivity index (χ1v) is 12.1. The zero-order valence-corrected chi connectivity index (χ0v) is 20.5. The van der Waals surface area contributed by atoms with Crippen LogP contribution in [0.1, 0.15) is 65.0 Å². The lowest BCUT2D eigenvalue weighted by atomic mass is 9.88. The van der Waals surface area contributed by atoms with E-state index in [1.165, 1.54) is 11.0 Å². The maximum absolute atomic E-state index is 13.4. The van der Waals surface area contributed by atoms with Gasteiger partial charge in [-0.05, 0) is 30.2 Å². The summed E-state index contributed by atoms with van der Waals surface area (Å²) in [6, 6.07) is 5.63. The van der Waals surface area contributed by atoms with Crippen LogP contribution in [0.2, 0.25) is 0 Å². The number of carbonyl (C=O) groups excluding carboxylic acids is 2. The highest BCUT2D eigenvalue weighted by Crippen LogP contribution is 2.59. The van der Waals surface area contributed by atoms with E-state index in [0.29, 0.717) is 18.4 Å². The molecule has 0 radical (unpaired) electrons. The van der Waals surface area contributed by atoms with Gasteiger partial charge < -0.3 is 15.8 Å². The van der Waals surface area contributed by atoms with Crippen LogP contribution in [-0.4, -0.2) is 47.0 Å². The number of guanidine groups is 1. The van der Waals surface area contributed by atoms with Crippen molar-refractivity contribution in [2.75, 3.05) is 6.54 Å². The van der Waals surface area contributed by atoms with E-state index in [0.717, 1.165) is 0 Å². The number of benzene rings is 1. The average Bonchev–Trinajstić information content (AvgIpc) is 3.35. The lowest BCUT2D eigenvalue weighted by Gasteiger charge is -2.36. The number of nitrogens with one attached hydrogen (secondary N) is 1. The molecule has 0 saturated heterocycles. The fourth-order valence-electron chi connectivity index (χ4n) is 5.52. The largest absolute Gasteiger partial charge is 0.480 e. The Morgan fingerprint density at radius 1 is 1.26 bits per heavy atom. The highest BCUT2D eigenvalue weighted by Gasteiger charge is 2.63. The number of hydrogen-bond donors (Lipinski definition) is 2. The van der Waals surface area contributed by atoms with Crippen LogP contribution in [0.25, 0.3) is 0 Å². The number of nitrogens with zero attached hydrogens (tertiary/aromatic N) is 2. The topological polar surface area (TPSA) is 97.0 Å². The van der Waals surface area contributed by atoms with Crippen LogP contribution in [0.3, 0.4) is 0 Å². The zero-order chi connectivity index (χ0) is 25.8. The van der Waals surface area contributed by atoms with Gasteiger partial charge in [-0.3, -0.25) is 14.5 Å². The Bertz CT molecular complexity index is 1040. The lowest BCUT2D eigenvalue weighted by molar-refractivity contribution is -0.201. The molecule has 1 aromatic rings. The van der Waals surface area contributed by atoms with Crippen molar-refractivity contribution >= 4 is 17.8 Å². The molecule has 0 bridgehead atoms. The summed E-state index contributed by atoms with van der Waals surface area (Å²) in [7, 11) is 0. The third-order valence-corrected chi connectivity index (χ3v) is 8.13. The average molecular weight is 495 g/mol. The molecule has 1 aromatic carbocycles. The quantitative estimate of drug-likeness (QED) is 0.626. The number of fused-ring (bicyclic) bond motifs is 1. The minimum atomic E-state index is -4.55. The Balaban J connectivity index is 1.49. The van der Waals surface area contributed by atoms with Crippen LogP contribution < -0.4 is 15.8 Å². The number of amides is 2. The highest BCUT2D eigenvalue weighted by atomic mass is 19.4. The number of hydrogen-bond acceptors (Lipinski definition) is 5. The van der Waals surface area contributed by atoms with Gasteiger partial charge in [0.05, 0.1) is 18.0 Å². The fraction of sp³-hybridized carbons (Fsp3) is 0.640. The van der Waals surface area contributed by atoms with Crippen LogP contribution in [0.15, 0.2) is 29.3 Å². The molecule has 0 spiro atoms. The van der Waals surface area contributed by atoms with Gasteiger partial charge in [-0.2, -0.15) is 13.2 Å². The van der Waals surface area contributed by atoms with Crippen molar-refractivity contribution < 1.29 is 27.5 Å². The predicted molar refractivity (Wildman–Crippen MR) is 124 cm³/mol. The predicted octanol–water partition coefficient (Wildman–Crippen LogP) is 3.94. The number of alkyl halides is 3. The molecular formula is C25H33F3N4O3. The van der Waals surface area contributed by atoms with Gasteiger partial charge in [0.15, 0.2) is 12.1 Å². The van der Waals surface area contributed by atoms with E-state index in [4.69, 9.17) is 10.5 Å². The summed E-state index contributed by atoms with van der Waals surface area (Å²) in [5, 5.41) is 2.83. The van der Waals surface area contributed by atoms with E-state index in [1.54, 1.807) is 18.2 Å². The fourth-order valence-corrected chi connectivity index (χ4v) is 5.52. The molecule has 3 aliphatic rings. The molecule has 35 heavy (non-hydrogen) atoms. The molecule has 1 saturated carbocycles. The second-order valence-corrected chi connectivity index (χ2v) is 10.5. The summed E-state index contributed by atoms with van der Waals surface area (Å²) in [6.07, 6.45) is -5.27. The van der Waals surface area contributed by atoms with Crippen LogP contribution in [0.5, 0.6) is 5.75 Å². The van der Waals surface area contributed by atoms with Gasteiger partial charge >= 0.3 is 6.18 Å². The number of halogens is 3. The number of rotatable bonds is 6. The van der Waals surface area contributed by atoms with E-state index >= 15 is 0 Å². The third kappa shape index (κ3) is 4.59. The van der Waals surface area contributed by atoms with Crippen molar-refractivity contribution in [3.8, 4) is 5.75 Å². The van der Waals surface area contributed by atoms with Gasteiger partial charge in [0.1, 0.15) is 5.75 Å². The van der Waals surface area contributed by atoms with Crippen molar-refractivity contribution in [3.05, 3.63) is 29.8 Å². The molecule has 3 N–H and O–H groups in total. The van der Waals surface area contributed by atoms with Crippen LogP contribution in [0.4, 0.5) is 13.2 Å². The smallest absolute Gasteiger partial charge is 0.425 e. The molecule has 0 aromatic heterocycles. The number of carbonyl (C=O) groups is 2. The Morgan fingerprint density at radius 2 is 1.91 bits per heavy atom. The molecule has 1 aliphatic carbocycles. The molecule has 4 rings (SSSR count). The van der Waals surface area contributed by atoms with Crippen molar-refractivity contribution in [1.29, 1.82) is 0 Å². The van der Waals surface area contributed by atoms with Crippen molar-refractivity contribution in [2.45, 2.75) is 77.2 Å². The second-order valence-electron chi connectivity index (χ2n) is 10.5. The van der Waals surface area contributed by atoms with Crippen LogP contribution >= 0.6 is 0 Å². The first kappa shape index (κ1) is 25.3. The molecule has 2 heterocycles. The van der Waals surface area contributed by atoms with Gasteiger partial charge in [0.25, 0.3) is 0 Å². The van der Waals surface area contributed by atoms with Crippen molar-refractivity contribution in [2.24, 2.45) is 28.0 Å². The summed E-state index contributed by atoms with van der Waals surface area (Å²) in [4.78, 5) is 32.2. The summed E-state index contributed by atoms with van der Waals surface area (Å²) >= 11 is 0. The van der Waals surface area contributed by atoms with Gasteiger partial charge in [-0.25, -0.2) is 4.99 Å². The molecule has 2 unspecified atom stereocenters. The zero-order valence-electron chi connectivity index (χ0n) is 20.5. The van der Waals surface area contributed by atoms with Crippen LogP contribution in [-0.2, 0) is 9.59 Å². The highest BCUT2D eigenvalue weighted by molar-refractivity contribution is 5.99. The monoisotopic (exact) mass is 494 g/mol. The maximum atomic E-state index is 13.4. The summed E-state index contributed by atoms with van der Waals surface area (Å²) < 4.78 is 45.5. The van der Waals surface area contributed by atoms with E-state index in [-0.39, 0.29) is 42.4 Å². The number of aliphatic imine (C=N–C) groups is 1. The summed E-state index contributed by atoms with van der Waals surface area (Å²) in [5.74, 6) is -0.821. The molecule has 4 atom stereocenters. The standard InChI is InChI=1S/C25H33F3N4O3/c1-5-24(6-2)12-19(33)32(22(29)31-24)13-15-20(23(15,3)4)21(34)30-16-11-18(25(26,27)28)35-17-10-8-7-9-14(16)17/h7-10,15-16,18,20H,5-6,11-13H2,1-4H3,(H2,29,31)(H,30,34)/t15?,16-,18+,20?/m0/s1. The van der Waals surface area contributed by atoms with E-state index in [2.05, 4.69) is 10.3 Å². The van der Waals surface area contributed by atoms with E-state index < -0.39 is 41.6 Å². The van der Waals surface area contributed by atoms with Gasteiger partial charge in [-0.15, -0.1) is 0 Å². The first-order chi connectivity index (χ1) is 16.3. The Morgan fingerprint density at radius 3 is 2.51 bits per heavy atom. The number of nitrogens with two attached hydrogens (primary N) is 1. The molecule has 2 amide bonds. The van der Waals surface area contributed by atoms with Crippen LogP contribution in [0, 0.1) is 17.3 Å². The SMILES string of the molecule is CCC1(CC)CC(=O)N(CC2C(C(=O)N[C@H]3C[C@H](C(F)(F)F)Oc4ccccc43)C2(C)C)C(N)=N1. The van der Waals surface area contributed by atoms with Gasteiger partial charge in [0, 0.05) is 24.4 Å². The molecule has 1 fully saturated rings. The van der Waals surface area contributed by atoms with Crippen molar-refractivity contribution in [3.63, 3.8) is 0 Å². The minimum absolute atomic E-state index is 0.116. The molecule has 10 heteroatoms. The van der Waals surface area contributed by atoms with Crippen molar-refractivity contribution in [1.82, 2.24) is 10.2 Å². The van der Waals surface area contributed by atoms with Gasteiger partial charge in [-0.1, -0.05) is 45.9 Å². The number of ether oxygens (including phenoxy) is 1. The summed E-state index contributed by atoms with van der Waals surface area (Å²) in [6.45, 7) is 8.04. The normalized spacial score (nSPS) is 29.1. The Labute approximate surface area is 203 Å². The first-order valence-electron chi connectivity index (χ1n) is 12.1.